The lowest BCUT2D eigenvalue weighted by molar-refractivity contribution is 0.345. The highest BCUT2D eigenvalue weighted by molar-refractivity contribution is 5.53. The second-order valence-corrected chi connectivity index (χ2v) is 5.32. The Morgan fingerprint density at radius 1 is 1.00 bits per heavy atom. The molecule has 19 heavy (non-hydrogen) atoms. The SMILES string of the molecule is COc1cc(NCCC2CCCCC2)cc(OC)c1. The van der Waals surface area contributed by atoms with Crippen LogP contribution in [0.15, 0.2) is 18.2 Å². The van der Waals surface area contributed by atoms with E-state index in [1.807, 2.05) is 18.2 Å². The third-order valence-corrected chi connectivity index (χ3v) is 3.96. The highest BCUT2D eigenvalue weighted by Gasteiger charge is 2.12. The minimum absolute atomic E-state index is 0.833. The van der Waals surface area contributed by atoms with Gasteiger partial charge in [-0.3, -0.25) is 0 Å². The van der Waals surface area contributed by atoms with Crippen LogP contribution in [0.25, 0.3) is 0 Å². The first kappa shape index (κ1) is 14.0. The van der Waals surface area contributed by atoms with E-state index in [1.54, 1.807) is 14.2 Å². The summed E-state index contributed by atoms with van der Waals surface area (Å²) in [7, 11) is 3.36. The Morgan fingerprint density at radius 3 is 2.21 bits per heavy atom. The van der Waals surface area contributed by atoms with Gasteiger partial charge in [-0.25, -0.2) is 0 Å². The predicted octanol–water partition coefficient (Wildman–Crippen LogP) is 4.09. The highest BCUT2D eigenvalue weighted by Crippen LogP contribution is 2.28. The average Bonchev–Trinajstić information content (AvgIpc) is 2.48. The topological polar surface area (TPSA) is 30.5 Å². The third-order valence-electron chi connectivity index (χ3n) is 3.96. The molecule has 1 N–H and O–H groups in total. The molecule has 0 aromatic heterocycles. The fourth-order valence-electron chi connectivity index (χ4n) is 2.81. The van der Waals surface area contributed by atoms with Crippen molar-refractivity contribution in [3.05, 3.63) is 18.2 Å². The summed E-state index contributed by atoms with van der Waals surface area (Å²) in [5.74, 6) is 2.58. The van der Waals surface area contributed by atoms with Gasteiger partial charge in [-0.15, -0.1) is 0 Å². The Balaban J connectivity index is 1.84. The van der Waals surface area contributed by atoms with Crippen LogP contribution in [0.4, 0.5) is 5.69 Å². The number of nitrogens with one attached hydrogen (secondary N) is 1. The second kappa shape index (κ2) is 7.27. The summed E-state index contributed by atoms with van der Waals surface area (Å²) in [6, 6.07) is 5.93. The minimum atomic E-state index is 0.833. The molecule has 0 saturated heterocycles. The molecule has 0 unspecified atom stereocenters. The molecule has 3 nitrogen and oxygen atoms in total. The van der Waals surface area contributed by atoms with Gasteiger partial charge in [0.2, 0.25) is 0 Å². The summed E-state index contributed by atoms with van der Waals surface area (Å²) in [6.45, 7) is 1.03. The molecule has 3 heteroatoms. The van der Waals surface area contributed by atoms with Gasteiger partial charge in [0.15, 0.2) is 0 Å². The summed E-state index contributed by atoms with van der Waals surface area (Å²) >= 11 is 0. The monoisotopic (exact) mass is 263 g/mol. The molecule has 0 atom stereocenters. The van der Waals surface area contributed by atoms with E-state index in [0.29, 0.717) is 0 Å². The van der Waals surface area contributed by atoms with Crippen LogP contribution in [0, 0.1) is 5.92 Å². The van der Waals surface area contributed by atoms with Crippen molar-refractivity contribution in [2.45, 2.75) is 38.5 Å². The van der Waals surface area contributed by atoms with E-state index in [1.165, 1.54) is 38.5 Å². The Labute approximate surface area is 116 Å². The van der Waals surface area contributed by atoms with E-state index in [0.717, 1.165) is 29.6 Å². The molecule has 106 valence electrons. The molecule has 0 radical (unpaired) electrons. The van der Waals surface area contributed by atoms with Crippen molar-refractivity contribution in [2.75, 3.05) is 26.1 Å². The molecular formula is C16H25NO2. The number of rotatable bonds is 6. The molecule has 0 bridgehead atoms. The van der Waals surface area contributed by atoms with Crippen molar-refractivity contribution in [3.63, 3.8) is 0 Å². The largest absolute Gasteiger partial charge is 0.497 e. The van der Waals surface area contributed by atoms with Gasteiger partial charge < -0.3 is 14.8 Å². The number of benzene rings is 1. The minimum Gasteiger partial charge on any atom is -0.497 e. The smallest absolute Gasteiger partial charge is 0.124 e. The van der Waals surface area contributed by atoms with Gasteiger partial charge in [-0.2, -0.15) is 0 Å². The van der Waals surface area contributed by atoms with Gasteiger partial charge in [0.1, 0.15) is 11.5 Å². The zero-order valence-corrected chi connectivity index (χ0v) is 12.1. The molecule has 0 amide bonds. The Bertz CT molecular complexity index is 364. The molecule has 1 aliphatic rings. The maximum absolute atomic E-state index is 5.27. The van der Waals surface area contributed by atoms with Crippen LogP contribution >= 0.6 is 0 Å². The van der Waals surface area contributed by atoms with Crippen LogP contribution in [-0.4, -0.2) is 20.8 Å². The van der Waals surface area contributed by atoms with Crippen molar-refractivity contribution in [3.8, 4) is 11.5 Å². The zero-order chi connectivity index (χ0) is 13.5. The van der Waals surface area contributed by atoms with E-state index in [2.05, 4.69) is 5.32 Å². The molecule has 0 aliphatic heterocycles. The fraction of sp³-hybridized carbons (Fsp3) is 0.625. The van der Waals surface area contributed by atoms with Crippen LogP contribution in [0.5, 0.6) is 11.5 Å². The summed E-state index contributed by atoms with van der Waals surface area (Å²) in [5.41, 5.74) is 1.08. The maximum Gasteiger partial charge on any atom is 0.124 e. The van der Waals surface area contributed by atoms with Crippen molar-refractivity contribution in [2.24, 2.45) is 5.92 Å². The summed E-state index contributed by atoms with van der Waals surface area (Å²) in [5, 5.41) is 3.48. The van der Waals surface area contributed by atoms with Gasteiger partial charge in [0, 0.05) is 30.4 Å². The number of hydrogen-bond acceptors (Lipinski definition) is 3. The van der Waals surface area contributed by atoms with Crippen LogP contribution in [-0.2, 0) is 0 Å². The molecule has 0 spiro atoms. The average molecular weight is 263 g/mol. The van der Waals surface area contributed by atoms with Crippen LogP contribution in [0.1, 0.15) is 38.5 Å². The van der Waals surface area contributed by atoms with E-state index >= 15 is 0 Å². The summed E-state index contributed by atoms with van der Waals surface area (Å²) in [6.07, 6.45) is 8.33. The van der Waals surface area contributed by atoms with Gasteiger partial charge in [0.25, 0.3) is 0 Å². The van der Waals surface area contributed by atoms with E-state index in [-0.39, 0.29) is 0 Å². The molecule has 0 heterocycles. The third kappa shape index (κ3) is 4.34. The maximum atomic E-state index is 5.27. The fourth-order valence-corrected chi connectivity index (χ4v) is 2.81. The summed E-state index contributed by atoms with van der Waals surface area (Å²) < 4.78 is 10.5. The van der Waals surface area contributed by atoms with Crippen molar-refractivity contribution in [1.29, 1.82) is 0 Å². The standard InChI is InChI=1S/C16H25NO2/c1-18-15-10-14(11-16(12-15)19-2)17-9-8-13-6-4-3-5-7-13/h10-13,17H,3-9H2,1-2H3. The van der Waals surface area contributed by atoms with E-state index in [4.69, 9.17) is 9.47 Å². The number of methoxy groups -OCH3 is 2. The van der Waals surface area contributed by atoms with Crippen LogP contribution < -0.4 is 14.8 Å². The first-order chi connectivity index (χ1) is 9.31. The van der Waals surface area contributed by atoms with Gasteiger partial charge in [-0.1, -0.05) is 32.1 Å². The van der Waals surface area contributed by atoms with Crippen molar-refractivity contribution >= 4 is 5.69 Å². The molecule has 1 aromatic carbocycles. The van der Waals surface area contributed by atoms with Crippen molar-refractivity contribution in [1.82, 2.24) is 0 Å². The quantitative estimate of drug-likeness (QED) is 0.838. The lowest BCUT2D eigenvalue weighted by Crippen LogP contribution is -2.12. The number of anilines is 1. The van der Waals surface area contributed by atoms with Crippen molar-refractivity contribution < 1.29 is 9.47 Å². The Hall–Kier alpha value is -1.38. The molecule has 1 aliphatic carbocycles. The van der Waals surface area contributed by atoms with Gasteiger partial charge in [0.05, 0.1) is 14.2 Å². The zero-order valence-electron chi connectivity index (χ0n) is 12.1. The van der Waals surface area contributed by atoms with Crippen LogP contribution in [0.3, 0.4) is 0 Å². The molecule has 1 saturated carbocycles. The normalized spacial score (nSPS) is 16.1. The Kier molecular flexibility index (Phi) is 5.37. The molecular weight excluding hydrogens is 238 g/mol. The molecule has 1 aromatic rings. The van der Waals surface area contributed by atoms with E-state index in [9.17, 15) is 0 Å². The second-order valence-electron chi connectivity index (χ2n) is 5.32. The summed E-state index contributed by atoms with van der Waals surface area (Å²) in [4.78, 5) is 0. The van der Waals surface area contributed by atoms with E-state index < -0.39 is 0 Å². The Morgan fingerprint density at radius 2 is 1.63 bits per heavy atom. The molecule has 2 rings (SSSR count). The predicted molar refractivity (Wildman–Crippen MR) is 79.2 cm³/mol. The number of hydrogen-bond donors (Lipinski definition) is 1. The molecule has 1 fully saturated rings. The number of ether oxygens (including phenoxy) is 2. The first-order valence-corrected chi connectivity index (χ1v) is 7.29. The van der Waals surface area contributed by atoms with Crippen LogP contribution in [0.2, 0.25) is 0 Å². The lowest BCUT2D eigenvalue weighted by atomic mass is 9.87. The highest BCUT2D eigenvalue weighted by atomic mass is 16.5. The first-order valence-electron chi connectivity index (χ1n) is 7.29. The lowest BCUT2D eigenvalue weighted by Gasteiger charge is -2.21. The van der Waals surface area contributed by atoms with Gasteiger partial charge in [-0.05, 0) is 12.3 Å². The van der Waals surface area contributed by atoms with Gasteiger partial charge >= 0.3 is 0 Å².